The molecule has 0 saturated carbocycles. The number of rotatable bonds is 4. The minimum absolute atomic E-state index is 0.270. The Balaban J connectivity index is 1.86. The second-order valence-electron chi connectivity index (χ2n) is 4.82. The number of halogens is 1. The first-order valence-electron chi connectivity index (χ1n) is 6.86. The number of hydrogen-bond donors (Lipinski definition) is 2. The molecule has 0 aliphatic heterocycles. The Morgan fingerprint density at radius 2 is 1.87 bits per heavy atom. The Bertz CT molecular complexity index is 823. The zero-order chi connectivity index (χ0) is 16.2. The number of ether oxygens (including phenoxy) is 1. The molecule has 0 atom stereocenters. The van der Waals surface area contributed by atoms with E-state index in [9.17, 15) is 0 Å². The van der Waals surface area contributed by atoms with E-state index >= 15 is 0 Å². The number of nitrogens with zero attached hydrogens (tertiary/aromatic N) is 3. The summed E-state index contributed by atoms with van der Waals surface area (Å²) >= 11 is 6.02. The molecule has 3 rings (SSSR count). The van der Waals surface area contributed by atoms with Gasteiger partial charge in [0.05, 0.1) is 5.69 Å². The van der Waals surface area contributed by atoms with Crippen molar-refractivity contribution in [3.63, 3.8) is 0 Å². The lowest BCUT2D eigenvalue weighted by Gasteiger charge is -2.12. The van der Waals surface area contributed by atoms with Crippen LogP contribution in [0.5, 0.6) is 11.6 Å². The molecule has 3 N–H and O–H groups in total. The van der Waals surface area contributed by atoms with Gasteiger partial charge in [-0.1, -0.05) is 29.3 Å². The van der Waals surface area contributed by atoms with Crippen molar-refractivity contribution >= 4 is 28.8 Å². The molecule has 0 fully saturated rings. The maximum absolute atomic E-state index is 6.08. The number of anilines is 3. The van der Waals surface area contributed by atoms with Crippen LogP contribution in [0.3, 0.4) is 0 Å². The van der Waals surface area contributed by atoms with Crippen molar-refractivity contribution in [3.8, 4) is 11.6 Å². The van der Waals surface area contributed by atoms with Crippen molar-refractivity contribution in [3.05, 3.63) is 59.6 Å². The zero-order valence-electron chi connectivity index (χ0n) is 12.3. The number of aryl methyl sites for hydroxylation is 1. The highest BCUT2D eigenvalue weighted by molar-refractivity contribution is 6.32. The molecule has 116 valence electrons. The van der Waals surface area contributed by atoms with Crippen molar-refractivity contribution in [2.24, 2.45) is 0 Å². The third-order valence-electron chi connectivity index (χ3n) is 3.10. The molecule has 3 aromatic rings. The predicted octanol–water partition coefficient (Wildman–Crippen LogP) is 3.95. The van der Waals surface area contributed by atoms with Crippen LogP contribution in [0, 0.1) is 6.92 Å². The smallest absolute Gasteiger partial charge is 0.248 e. The lowest BCUT2D eigenvalue weighted by Crippen LogP contribution is -2.03. The quantitative estimate of drug-likeness (QED) is 0.706. The summed E-state index contributed by atoms with van der Waals surface area (Å²) in [5.74, 6) is 1.31. The van der Waals surface area contributed by atoms with E-state index in [1.807, 2.05) is 31.2 Å². The lowest BCUT2D eigenvalue weighted by molar-refractivity contribution is 0.464. The Morgan fingerprint density at radius 1 is 1.09 bits per heavy atom. The van der Waals surface area contributed by atoms with Gasteiger partial charge in [-0.25, -0.2) is 9.97 Å². The topological polar surface area (TPSA) is 86.0 Å². The van der Waals surface area contributed by atoms with Crippen LogP contribution in [-0.2, 0) is 0 Å². The van der Waals surface area contributed by atoms with E-state index < -0.39 is 0 Å². The Labute approximate surface area is 138 Å². The molecule has 0 unspecified atom stereocenters. The summed E-state index contributed by atoms with van der Waals surface area (Å²) < 4.78 is 5.71. The molecule has 7 heteroatoms. The molecule has 0 bridgehead atoms. The number of nitrogen functional groups attached to an aromatic ring is 1. The first-order chi connectivity index (χ1) is 11.1. The second kappa shape index (κ2) is 6.50. The van der Waals surface area contributed by atoms with E-state index in [2.05, 4.69) is 20.3 Å². The zero-order valence-corrected chi connectivity index (χ0v) is 13.1. The van der Waals surface area contributed by atoms with Gasteiger partial charge in [0.2, 0.25) is 5.88 Å². The number of hydrogen-bond acceptors (Lipinski definition) is 6. The number of aromatic nitrogens is 3. The van der Waals surface area contributed by atoms with Crippen molar-refractivity contribution in [2.45, 2.75) is 6.92 Å². The number of nitrogens with two attached hydrogens (primary N) is 1. The van der Waals surface area contributed by atoms with Gasteiger partial charge in [-0.05, 0) is 31.2 Å². The highest BCUT2D eigenvalue weighted by Gasteiger charge is 2.12. The van der Waals surface area contributed by atoms with E-state index in [-0.39, 0.29) is 11.6 Å². The highest BCUT2D eigenvalue weighted by Crippen LogP contribution is 2.32. The fourth-order valence-corrected chi connectivity index (χ4v) is 2.05. The van der Waals surface area contributed by atoms with Crippen LogP contribution in [0.1, 0.15) is 5.56 Å². The average Bonchev–Trinajstić information content (AvgIpc) is 2.55. The maximum atomic E-state index is 6.08. The van der Waals surface area contributed by atoms with E-state index in [0.29, 0.717) is 22.4 Å². The largest absolute Gasteiger partial charge is 0.437 e. The third-order valence-corrected chi connectivity index (χ3v) is 3.40. The summed E-state index contributed by atoms with van der Waals surface area (Å²) in [5, 5.41) is 3.35. The fraction of sp³-hybridized carbons (Fsp3) is 0.0625. The van der Waals surface area contributed by atoms with Crippen LogP contribution in [0.15, 0.2) is 48.9 Å². The minimum atomic E-state index is 0.270. The van der Waals surface area contributed by atoms with Gasteiger partial charge in [0.1, 0.15) is 17.8 Å². The van der Waals surface area contributed by atoms with Gasteiger partial charge < -0.3 is 15.8 Å². The number of pyridine rings is 1. The summed E-state index contributed by atoms with van der Waals surface area (Å²) in [7, 11) is 0. The molecule has 0 amide bonds. The summed E-state index contributed by atoms with van der Waals surface area (Å²) in [6.45, 7) is 2.00. The van der Waals surface area contributed by atoms with Crippen LogP contribution in [-0.4, -0.2) is 15.0 Å². The minimum Gasteiger partial charge on any atom is -0.437 e. The summed E-state index contributed by atoms with van der Waals surface area (Å²) in [5.41, 5.74) is 8.11. The van der Waals surface area contributed by atoms with Crippen molar-refractivity contribution in [1.82, 2.24) is 15.0 Å². The second-order valence-corrected chi connectivity index (χ2v) is 5.18. The van der Waals surface area contributed by atoms with Gasteiger partial charge in [-0.3, -0.25) is 0 Å². The van der Waals surface area contributed by atoms with Crippen LogP contribution in [0.2, 0.25) is 5.15 Å². The van der Waals surface area contributed by atoms with Gasteiger partial charge in [-0.15, -0.1) is 0 Å². The SMILES string of the molecule is Cc1ccc(Oc2ncnc(Nc3cccnc3Cl)c2N)cc1. The summed E-state index contributed by atoms with van der Waals surface area (Å²) in [6, 6.07) is 11.1. The normalized spacial score (nSPS) is 10.3. The Kier molecular flexibility index (Phi) is 4.25. The third kappa shape index (κ3) is 3.49. The van der Waals surface area contributed by atoms with E-state index in [0.717, 1.165) is 5.56 Å². The number of benzene rings is 1. The average molecular weight is 328 g/mol. The molecular weight excluding hydrogens is 314 g/mol. The predicted molar refractivity (Wildman–Crippen MR) is 90.2 cm³/mol. The standard InChI is InChI=1S/C16H14ClN5O/c1-10-4-6-11(7-5-10)23-16-13(18)15(20-9-21-16)22-12-3-2-8-19-14(12)17/h2-9H,18H2,1H3,(H,20,21,22). The molecule has 1 aromatic carbocycles. The van der Waals surface area contributed by atoms with Crippen molar-refractivity contribution in [2.75, 3.05) is 11.1 Å². The number of nitrogens with one attached hydrogen (secondary N) is 1. The fourth-order valence-electron chi connectivity index (χ4n) is 1.89. The van der Waals surface area contributed by atoms with Crippen LogP contribution < -0.4 is 15.8 Å². The molecule has 0 spiro atoms. The van der Waals surface area contributed by atoms with E-state index in [1.54, 1.807) is 18.3 Å². The summed E-state index contributed by atoms with van der Waals surface area (Å²) in [6.07, 6.45) is 2.97. The van der Waals surface area contributed by atoms with Gasteiger partial charge in [0.15, 0.2) is 11.0 Å². The molecule has 6 nitrogen and oxygen atoms in total. The Hall–Kier alpha value is -2.86. The van der Waals surface area contributed by atoms with E-state index in [4.69, 9.17) is 22.1 Å². The van der Waals surface area contributed by atoms with E-state index in [1.165, 1.54) is 6.33 Å². The van der Waals surface area contributed by atoms with Crippen LogP contribution in [0.25, 0.3) is 0 Å². The molecule has 2 aromatic heterocycles. The Morgan fingerprint density at radius 3 is 2.61 bits per heavy atom. The highest BCUT2D eigenvalue weighted by atomic mass is 35.5. The lowest BCUT2D eigenvalue weighted by atomic mass is 10.2. The molecule has 0 radical (unpaired) electrons. The van der Waals surface area contributed by atoms with Gasteiger partial charge in [0.25, 0.3) is 0 Å². The maximum Gasteiger partial charge on any atom is 0.248 e. The van der Waals surface area contributed by atoms with Gasteiger partial charge in [0, 0.05) is 6.20 Å². The van der Waals surface area contributed by atoms with Gasteiger partial charge >= 0.3 is 0 Å². The first-order valence-corrected chi connectivity index (χ1v) is 7.24. The first kappa shape index (κ1) is 15.1. The molecule has 0 aliphatic carbocycles. The molecule has 0 saturated heterocycles. The monoisotopic (exact) mass is 327 g/mol. The molecular formula is C16H14ClN5O. The molecule has 2 heterocycles. The van der Waals surface area contributed by atoms with Gasteiger partial charge in [-0.2, -0.15) is 4.98 Å². The summed E-state index contributed by atoms with van der Waals surface area (Å²) in [4.78, 5) is 12.2. The van der Waals surface area contributed by atoms with Crippen LogP contribution in [0.4, 0.5) is 17.2 Å². The molecule has 0 aliphatic rings. The van der Waals surface area contributed by atoms with Crippen LogP contribution >= 0.6 is 11.6 Å². The van der Waals surface area contributed by atoms with Crippen molar-refractivity contribution < 1.29 is 4.74 Å². The van der Waals surface area contributed by atoms with Crippen molar-refractivity contribution in [1.29, 1.82) is 0 Å². The molecule has 23 heavy (non-hydrogen) atoms.